The lowest BCUT2D eigenvalue weighted by molar-refractivity contribution is -0.117. The second-order valence-electron chi connectivity index (χ2n) is 5.31. The van der Waals surface area contributed by atoms with Gasteiger partial charge in [0.1, 0.15) is 0 Å². The van der Waals surface area contributed by atoms with E-state index in [2.05, 4.69) is 5.32 Å². The zero-order chi connectivity index (χ0) is 16.4. The summed E-state index contributed by atoms with van der Waals surface area (Å²) >= 11 is 11.8. The molecule has 0 atom stereocenters. The molecule has 0 aliphatic carbocycles. The number of rotatable bonds is 3. The second-order valence-corrected chi connectivity index (χ2v) is 6.18. The summed E-state index contributed by atoms with van der Waals surface area (Å²) in [5, 5.41) is 3.60. The largest absolute Gasteiger partial charge is 0.322 e. The predicted molar refractivity (Wildman–Crippen MR) is 92.4 cm³/mol. The molecule has 1 aliphatic heterocycles. The average molecular weight is 349 g/mol. The SMILES string of the molecule is O=C(Nc1cccc(N2CCCC2=O)c1)c1cc(Cl)cc(Cl)c1. The molecule has 6 heteroatoms. The molecule has 1 fully saturated rings. The van der Waals surface area contributed by atoms with Crippen LogP contribution in [0, 0.1) is 0 Å². The fourth-order valence-electron chi connectivity index (χ4n) is 2.56. The Labute approximate surface area is 144 Å². The monoisotopic (exact) mass is 348 g/mol. The minimum atomic E-state index is -0.306. The fraction of sp³-hybridized carbons (Fsp3) is 0.176. The first-order valence-electron chi connectivity index (χ1n) is 7.21. The van der Waals surface area contributed by atoms with Crippen molar-refractivity contribution < 1.29 is 9.59 Å². The Morgan fingerprint density at radius 3 is 2.48 bits per heavy atom. The Morgan fingerprint density at radius 1 is 1.09 bits per heavy atom. The van der Waals surface area contributed by atoms with E-state index in [-0.39, 0.29) is 11.8 Å². The third kappa shape index (κ3) is 3.66. The molecule has 0 unspecified atom stereocenters. The van der Waals surface area contributed by atoms with Crippen LogP contribution < -0.4 is 10.2 Å². The summed E-state index contributed by atoms with van der Waals surface area (Å²) in [6, 6.07) is 11.9. The van der Waals surface area contributed by atoms with Gasteiger partial charge >= 0.3 is 0 Å². The first-order chi connectivity index (χ1) is 11.0. The number of halogens is 2. The van der Waals surface area contributed by atoms with Gasteiger partial charge < -0.3 is 10.2 Å². The van der Waals surface area contributed by atoms with Crippen LogP contribution in [0.1, 0.15) is 23.2 Å². The van der Waals surface area contributed by atoms with Crippen LogP contribution in [0.5, 0.6) is 0 Å². The molecule has 23 heavy (non-hydrogen) atoms. The minimum Gasteiger partial charge on any atom is -0.322 e. The highest BCUT2D eigenvalue weighted by Crippen LogP contribution is 2.25. The van der Waals surface area contributed by atoms with Gasteiger partial charge in [0.15, 0.2) is 0 Å². The van der Waals surface area contributed by atoms with E-state index in [1.807, 2.05) is 12.1 Å². The third-order valence-electron chi connectivity index (χ3n) is 3.61. The zero-order valence-corrected chi connectivity index (χ0v) is 13.7. The van der Waals surface area contributed by atoms with Gasteiger partial charge in [-0.05, 0) is 42.8 Å². The van der Waals surface area contributed by atoms with Crippen LogP contribution in [-0.4, -0.2) is 18.4 Å². The normalized spacial score (nSPS) is 14.2. The molecule has 1 N–H and O–H groups in total. The number of nitrogens with zero attached hydrogens (tertiary/aromatic N) is 1. The number of amides is 2. The summed E-state index contributed by atoms with van der Waals surface area (Å²) in [5.41, 5.74) is 1.78. The van der Waals surface area contributed by atoms with Gasteiger partial charge in [-0.15, -0.1) is 0 Å². The summed E-state index contributed by atoms with van der Waals surface area (Å²) in [7, 11) is 0. The molecule has 0 bridgehead atoms. The molecule has 0 spiro atoms. The van der Waals surface area contributed by atoms with Gasteiger partial charge in [-0.1, -0.05) is 29.3 Å². The van der Waals surface area contributed by atoms with Crippen LogP contribution >= 0.6 is 23.2 Å². The number of carbonyl (C=O) groups excluding carboxylic acids is 2. The molecule has 118 valence electrons. The highest BCUT2D eigenvalue weighted by molar-refractivity contribution is 6.35. The van der Waals surface area contributed by atoms with Crippen LogP contribution in [-0.2, 0) is 4.79 Å². The molecule has 4 nitrogen and oxygen atoms in total. The smallest absolute Gasteiger partial charge is 0.255 e. The third-order valence-corrected chi connectivity index (χ3v) is 4.05. The van der Waals surface area contributed by atoms with Gasteiger partial charge in [0, 0.05) is 39.9 Å². The van der Waals surface area contributed by atoms with Crippen LogP contribution in [0.3, 0.4) is 0 Å². The molecule has 1 heterocycles. The lowest BCUT2D eigenvalue weighted by Crippen LogP contribution is -2.23. The summed E-state index contributed by atoms with van der Waals surface area (Å²) in [5.74, 6) is -0.200. The Bertz CT molecular complexity index is 757. The zero-order valence-electron chi connectivity index (χ0n) is 12.2. The molecule has 1 aliphatic rings. The van der Waals surface area contributed by atoms with E-state index < -0.39 is 0 Å². The number of anilines is 2. The highest BCUT2D eigenvalue weighted by atomic mass is 35.5. The topological polar surface area (TPSA) is 49.4 Å². The number of hydrogen-bond acceptors (Lipinski definition) is 2. The van der Waals surface area contributed by atoms with Crippen molar-refractivity contribution in [3.63, 3.8) is 0 Å². The van der Waals surface area contributed by atoms with Crippen molar-refractivity contribution >= 4 is 46.4 Å². The quantitative estimate of drug-likeness (QED) is 0.894. The standard InChI is InChI=1S/C17H14Cl2N2O2/c18-12-7-11(8-13(19)9-12)17(23)20-14-3-1-4-15(10-14)21-6-2-5-16(21)22/h1,3-4,7-10H,2,5-6H2,(H,20,23). The number of nitrogens with one attached hydrogen (secondary N) is 1. The van der Waals surface area contributed by atoms with Crippen molar-refractivity contribution in [3.8, 4) is 0 Å². The Kier molecular flexibility index (Phi) is 4.55. The number of hydrogen-bond donors (Lipinski definition) is 1. The Hall–Kier alpha value is -2.04. The Balaban J connectivity index is 1.80. The van der Waals surface area contributed by atoms with E-state index in [0.717, 1.165) is 12.1 Å². The van der Waals surface area contributed by atoms with Gasteiger partial charge in [-0.2, -0.15) is 0 Å². The maximum Gasteiger partial charge on any atom is 0.255 e. The minimum absolute atomic E-state index is 0.107. The van der Waals surface area contributed by atoms with Gasteiger partial charge in [-0.3, -0.25) is 9.59 Å². The molecule has 2 aromatic carbocycles. The number of benzene rings is 2. The van der Waals surface area contributed by atoms with E-state index in [1.165, 1.54) is 0 Å². The molecule has 0 saturated carbocycles. The molecule has 0 aromatic heterocycles. The van der Waals surface area contributed by atoms with Crippen LogP contribution in [0.2, 0.25) is 10.0 Å². The Morgan fingerprint density at radius 2 is 1.83 bits per heavy atom. The van der Waals surface area contributed by atoms with Crippen molar-refractivity contribution in [3.05, 3.63) is 58.1 Å². The first kappa shape index (κ1) is 15.8. The van der Waals surface area contributed by atoms with Gasteiger partial charge in [0.25, 0.3) is 5.91 Å². The van der Waals surface area contributed by atoms with Crippen molar-refractivity contribution in [1.82, 2.24) is 0 Å². The second kappa shape index (κ2) is 6.60. The number of carbonyl (C=O) groups is 2. The van der Waals surface area contributed by atoms with E-state index in [9.17, 15) is 9.59 Å². The average Bonchev–Trinajstić information content (AvgIpc) is 2.92. The molecule has 1 saturated heterocycles. The van der Waals surface area contributed by atoms with Crippen LogP contribution in [0.4, 0.5) is 11.4 Å². The molecule has 2 aromatic rings. The van der Waals surface area contributed by atoms with Crippen molar-refractivity contribution in [2.75, 3.05) is 16.8 Å². The van der Waals surface area contributed by atoms with Gasteiger partial charge in [0.2, 0.25) is 5.91 Å². The first-order valence-corrected chi connectivity index (χ1v) is 7.96. The molecular weight excluding hydrogens is 335 g/mol. The molecular formula is C17H14Cl2N2O2. The van der Waals surface area contributed by atoms with Crippen LogP contribution in [0.15, 0.2) is 42.5 Å². The summed E-state index contributed by atoms with van der Waals surface area (Å²) < 4.78 is 0. The van der Waals surface area contributed by atoms with Crippen molar-refractivity contribution in [2.24, 2.45) is 0 Å². The highest BCUT2D eigenvalue weighted by Gasteiger charge is 2.21. The lowest BCUT2D eigenvalue weighted by Gasteiger charge is -2.16. The van der Waals surface area contributed by atoms with Crippen LogP contribution in [0.25, 0.3) is 0 Å². The maximum absolute atomic E-state index is 12.3. The van der Waals surface area contributed by atoms with E-state index in [4.69, 9.17) is 23.2 Å². The fourth-order valence-corrected chi connectivity index (χ4v) is 3.09. The summed E-state index contributed by atoms with van der Waals surface area (Å²) in [4.78, 5) is 25.8. The lowest BCUT2D eigenvalue weighted by atomic mass is 10.2. The predicted octanol–water partition coefficient (Wildman–Crippen LogP) is 4.37. The van der Waals surface area contributed by atoms with Crippen molar-refractivity contribution in [1.29, 1.82) is 0 Å². The van der Waals surface area contributed by atoms with Crippen molar-refractivity contribution in [2.45, 2.75) is 12.8 Å². The molecule has 3 rings (SSSR count). The van der Waals surface area contributed by atoms with E-state index in [1.54, 1.807) is 35.2 Å². The summed E-state index contributed by atoms with van der Waals surface area (Å²) in [6.07, 6.45) is 1.42. The van der Waals surface area contributed by atoms with Gasteiger partial charge in [-0.25, -0.2) is 0 Å². The van der Waals surface area contributed by atoms with E-state index in [0.29, 0.717) is 34.3 Å². The molecule has 2 amide bonds. The summed E-state index contributed by atoms with van der Waals surface area (Å²) in [6.45, 7) is 0.708. The van der Waals surface area contributed by atoms with E-state index >= 15 is 0 Å². The molecule has 0 radical (unpaired) electrons. The van der Waals surface area contributed by atoms with Gasteiger partial charge in [0.05, 0.1) is 0 Å². The maximum atomic E-state index is 12.3.